The molecule has 1 heterocycles. The van der Waals surface area contributed by atoms with Crippen molar-refractivity contribution >= 4 is 5.69 Å². The fourth-order valence-electron chi connectivity index (χ4n) is 1.76. The van der Waals surface area contributed by atoms with Crippen molar-refractivity contribution in [3.63, 3.8) is 0 Å². The van der Waals surface area contributed by atoms with Crippen LogP contribution in [0.15, 0.2) is 35.1 Å². The first-order valence-electron chi connectivity index (χ1n) is 5.25. The molecule has 0 amide bonds. The number of nitrogen functional groups attached to an aromatic ring is 1. The van der Waals surface area contributed by atoms with Crippen LogP contribution in [-0.4, -0.2) is 12.1 Å². The Morgan fingerprint density at radius 2 is 1.94 bits per heavy atom. The average Bonchev–Trinajstić information content (AvgIpc) is 2.27. The maximum absolute atomic E-state index is 11.4. The van der Waals surface area contributed by atoms with Crippen LogP contribution in [0.3, 0.4) is 0 Å². The highest BCUT2D eigenvalue weighted by Crippen LogP contribution is 2.27. The smallest absolute Gasteiger partial charge is 0.248 e. The van der Waals surface area contributed by atoms with E-state index in [2.05, 4.69) is 4.98 Å². The Morgan fingerprint density at radius 1 is 1.18 bits per heavy atom. The topological polar surface area (TPSA) is 68.1 Å². The predicted molar refractivity (Wildman–Crippen MR) is 68.2 cm³/mol. The number of nitrogens with one attached hydrogen (secondary N) is 1. The van der Waals surface area contributed by atoms with Gasteiger partial charge in [0, 0.05) is 11.8 Å². The third-order valence-electron chi connectivity index (χ3n) is 2.54. The van der Waals surface area contributed by atoms with Gasteiger partial charge in [0.15, 0.2) is 0 Å². The molecule has 0 fully saturated rings. The van der Waals surface area contributed by atoms with Gasteiger partial charge in [0.25, 0.3) is 0 Å². The molecule has 88 valence electrons. The van der Waals surface area contributed by atoms with E-state index in [-0.39, 0.29) is 5.56 Å². The molecular weight excluding hydrogens is 216 g/mol. The van der Waals surface area contributed by atoms with E-state index in [1.807, 2.05) is 19.1 Å². The van der Waals surface area contributed by atoms with Crippen molar-refractivity contribution in [3.8, 4) is 16.9 Å². The number of benzene rings is 1. The van der Waals surface area contributed by atoms with Crippen LogP contribution in [0.5, 0.6) is 5.75 Å². The number of rotatable bonds is 2. The van der Waals surface area contributed by atoms with E-state index >= 15 is 0 Å². The minimum absolute atomic E-state index is 0.116. The molecule has 1 aromatic carbocycles. The Morgan fingerprint density at radius 3 is 2.53 bits per heavy atom. The number of aryl methyl sites for hydroxylation is 1. The molecule has 0 spiro atoms. The lowest BCUT2D eigenvalue weighted by Gasteiger charge is -2.07. The maximum atomic E-state index is 11.4. The molecule has 0 aliphatic heterocycles. The zero-order valence-corrected chi connectivity index (χ0v) is 9.78. The van der Waals surface area contributed by atoms with Gasteiger partial charge in [0.2, 0.25) is 5.56 Å². The third kappa shape index (κ3) is 2.30. The molecule has 0 unspecified atom stereocenters. The van der Waals surface area contributed by atoms with Gasteiger partial charge in [-0.3, -0.25) is 4.79 Å². The van der Waals surface area contributed by atoms with Crippen molar-refractivity contribution in [2.75, 3.05) is 12.8 Å². The second kappa shape index (κ2) is 4.33. The predicted octanol–water partition coefficient (Wildman–Crippen LogP) is 1.94. The van der Waals surface area contributed by atoms with E-state index in [0.717, 1.165) is 16.8 Å². The number of pyridine rings is 1. The van der Waals surface area contributed by atoms with Crippen LogP contribution in [0.1, 0.15) is 5.69 Å². The summed E-state index contributed by atoms with van der Waals surface area (Å²) in [5, 5.41) is 0. The first-order chi connectivity index (χ1) is 8.10. The maximum Gasteiger partial charge on any atom is 0.248 e. The summed E-state index contributed by atoms with van der Waals surface area (Å²) in [5.41, 5.74) is 8.85. The lowest BCUT2D eigenvalue weighted by Crippen LogP contribution is -2.05. The van der Waals surface area contributed by atoms with Gasteiger partial charge in [0.05, 0.1) is 12.8 Å². The van der Waals surface area contributed by atoms with Gasteiger partial charge in [-0.2, -0.15) is 0 Å². The summed E-state index contributed by atoms with van der Waals surface area (Å²) in [5.74, 6) is 0.635. The van der Waals surface area contributed by atoms with Gasteiger partial charge in [-0.15, -0.1) is 0 Å². The van der Waals surface area contributed by atoms with Crippen LogP contribution in [-0.2, 0) is 0 Å². The average molecular weight is 230 g/mol. The number of nitrogens with two attached hydrogens (primary N) is 1. The Labute approximate surface area is 99.1 Å². The lowest BCUT2D eigenvalue weighted by molar-refractivity contribution is 0.417. The molecule has 2 aromatic rings. The van der Waals surface area contributed by atoms with E-state index < -0.39 is 0 Å². The SMILES string of the molecule is COc1ccc(-c2cc(C)[nH]c(=O)c2)cc1N. The Kier molecular flexibility index (Phi) is 2.87. The van der Waals surface area contributed by atoms with Crippen LogP contribution >= 0.6 is 0 Å². The summed E-state index contributed by atoms with van der Waals surface area (Å²) in [4.78, 5) is 14.1. The molecule has 4 heteroatoms. The number of methoxy groups -OCH3 is 1. The molecule has 0 atom stereocenters. The Bertz CT molecular complexity index is 603. The summed E-state index contributed by atoms with van der Waals surface area (Å²) in [6.45, 7) is 1.85. The van der Waals surface area contributed by atoms with Crippen LogP contribution in [0.2, 0.25) is 0 Å². The highest BCUT2D eigenvalue weighted by molar-refractivity contribution is 5.70. The second-order valence-corrected chi connectivity index (χ2v) is 3.87. The van der Waals surface area contributed by atoms with Gasteiger partial charge >= 0.3 is 0 Å². The van der Waals surface area contributed by atoms with Gasteiger partial charge < -0.3 is 15.5 Å². The number of aromatic amines is 1. The fourth-order valence-corrected chi connectivity index (χ4v) is 1.76. The van der Waals surface area contributed by atoms with E-state index in [1.165, 1.54) is 0 Å². The van der Waals surface area contributed by atoms with Crippen molar-refractivity contribution < 1.29 is 4.74 Å². The molecule has 3 N–H and O–H groups in total. The number of ether oxygens (including phenoxy) is 1. The van der Waals surface area contributed by atoms with Crippen molar-refractivity contribution in [1.82, 2.24) is 4.98 Å². The van der Waals surface area contributed by atoms with E-state index in [0.29, 0.717) is 11.4 Å². The number of aromatic nitrogens is 1. The van der Waals surface area contributed by atoms with Gasteiger partial charge in [-0.05, 0) is 36.2 Å². The fraction of sp³-hybridized carbons (Fsp3) is 0.154. The molecule has 2 rings (SSSR count). The number of H-pyrrole nitrogens is 1. The van der Waals surface area contributed by atoms with E-state index in [4.69, 9.17) is 10.5 Å². The van der Waals surface area contributed by atoms with E-state index in [9.17, 15) is 4.79 Å². The summed E-state index contributed by atoms with van der Waals surface area (Å²) in [7, 11) is 1.57. The quantitative estimate of drug-likeness (QED) is 0.775. The number of hydrogen-bond donors (Lipinski definition) is 2. The Hall–Kier alpha value is -2.23. The second-order valence-electron chi connectivity index (χ2n) is 3.87. The van der Waals surface area contributed by atoms with Gasteiger partial charge in [-0.25, -0.2) is 0 Å². The van der Waals surface area contributed by atoms with Crippen molar-refractivity contribution in [3.05, 3.63) is 46.4 Å². The molecular formula is C13H14N2O2. The first kappa shape index (κ1) is 11.3. The molecule has 17 heavy (non-hydrogen) atoms. The van der Waals surface area contributed by atoms with Crippen molar-refractivity contribution in [2.45, 2.75) is 6.92 Å². The molecule has 0 radical (unpaired) electrons. The summed E-state index contributed by atoms with van der Waals surface area (Å²) < 4.78 is 5.09. The zero-order valence-electron chi connectivity index (χ0n) is 9.78. The molecule has 0 aliphatic carbocycles. The molecule has 0 aliphatic rings. The lowest BCUT2D eigenvalue weighted by atomic mass is 10.1. The highest BCUT2D eigenvalue weighted by atomic mass is 16.5. The number of anilines is 1. The first-order valence-corrected chi connectivity index (χ1v) is 5.25. The zero-order chi connectivity index (χ0) is 12.4. The van der Waals surface area contributed by atoms with Crippen molar-refractivity contribution in [1.29, 1.82) is 0 Å². The number of hydrogen-bond acceptors (Lipinski definition) is 3. The van der Waals surface area contributed by atoms with Crippen LogP contribution in [0.25, 0.3) is 11.1 Å². The molecule has 0 saturated carbocycles. The van der Waals surface area contributed by atoms with E-state index in [1.54, 1.807) is 25.3 Å². The largest absolute Gasteiger partial charge is 0.495 e. The molecule has 1 aromatic heterocycles. The monoisotopic (exact) mass is 230 g/mol. The van der Waals surface area contributed by atoms with Crippen LogP contribution in [0, 0.1) is 6.92 Å². The highest BCUT2D eigenvalue weighted by Gasteiger charge is 2.04. The molecule has 0 saturated heterocycles. The summed E-state index contributed by atoms with van der Waals surface area (Å²) in [6.07, 6.45) is 0. The van der Waals surface area contributed by atoms with Crippen LogP contribution in [0.4, 0.5) is 5.69 Å². The third-order valence-corrected chi connectivity index (χ3v) is 2.54. The Balaban J connectivity index is 2.53. The minimum atomic E-state index is -0.116. The molecule has 0 bridgehead atoms. The van der Waals surface area contributed by atoms with Gasteiger partial charge in [0.1, 0.15) is 5.75 Å². The summed E-state index contributed by atoms with van der Waals surface area (Å²) in [6, 6.07) is 8.93. The van der Waals surface area contributed by atoms with Gasteiger partial charge in [-0.1, -0.05) is 6.07 Å². The standard InChI is InChI=1S/C13H14N2O2/c1-8-5-10(7-13(16)15-8)9-3-4-12(17-2)11(14)6-9/h3-7H,14H2,1-2H3,(H,15,16). The normalized spacial score (nSPS) is 10.2. The molecule has 4 nitrogen and oxygen atoms in total. The minimum Gasteiger partial charge on any atom is -0.495 e. The van der Waals surface area contributed by atoms with Crippen molar-refractivity contribution in [2.24, 2.45) is 0 Å². The van der Waals surface area contributed by atoms with Crippen LogP contribution < -0.4 is 16.0 Å². The summed E-state index contributed by atoms with van der Waals surface area (Å²) >= 11 is 0.